The van der Waals surface area contributed by atoms with Gasteiger partial charge in [-0.25, -0.2) is 0 Å². The van der Waals surface area contributed by atoms with Crippen molar-refractivity contribution in [2.75, 3.05) is 6.54 Å². The van der Waals surface area contributed by atoms with E-state index in [0.29, 0.717) is 20.5 Å². The van der Waals surface area contributed by atoms with Crippen LogP contribution in [0.5, 0.6) is 0 Å². The summed E-state index contributed by atoms with van der Waals surface area (Å²) in [6, 6.07) is 11.1. The second-order valence-corrected chi connectivity index (χ2v) is 12.1. The number of carbonyl (C=O) groups excluding carboxylic acids is 3. The Bertz CT molecular complexity index is 1450. The number of rotatable bonds is 5. The molecular formula is C27H24BrCl2N3O3S. The molecule has 1 atom stereocenters. The van der Waals surface area contributed by atoms with Crippen LogP contribution in [-0.4, -0.2) is 44.0 Å². The summed E-state index contributed by atoms with van der Waals surface area (Å²) in [6.45, 7) is 3.16. The summed E-state index contributed by atoms with van der Waals surface area (Å²) in [5, 5.41) is 1.41. The number of carbonyl (C=O) groups is 3. The third-order valence-corrected chi connectivity index (χ3v) is 8.79. The number of benzene rings is 2. The molecule has 192 valence electrons. The molecule has 0 radical (unpaired) electrons. The molecule has 2 aliphatic heterocycles. The number of hydrogen-bond donors (Lipinski definition) is 0. The van der Waals surface area contributed by atoms with Gasteiger partial charge in [0.05, 0.1) is 11.4 Å². The topological polar surface area (TPSA) is 62.6 Å². The molecule has 2 saturated heterocycles. The normalized spacial score (nSPS) is 19.5. The van der Waals surface area contributed by atoms with Crippen LogP contribution in [-0.2, 0) is 22.7 Å². The van der Waals surface area contributed by atoms with Gasteiger partial charge in [0.15, 0.2) is 0 Å². The number of thioether (sulfide) groups is 1. The molecule has 2 aliphatic rings. The third kappa shape index (κ3) is 5.48. The van der Waals surface area contributed by atoms with Crippen molar-refractivity contribution in [3.05, 3.63) is 73.1 Å². The van der Waals surface area contributed by atoms with Gasteiger partial charge in [0.2, 0.25) is 5.91 Å². The first-order valence-corrected chi connectivity index (χ1v) is 14.3. The fraction of sp³-hybridized carbons (Fsp3) is 0.296. The lowest BCUT2D eigenvalue weighted by Crippen LogP contribution is -2.43. The Labute approximate surface area is 237 Å². The molecule has 5 rings (SSSR count). The first-order valence-electron chi connectivity index (χ1n) is 12.0. The SMILES string of the molecule is C[C@H]1CCCCN1C(=O)Cn1cc(/C=C2\SC(=O)N(Cc3ccc(Cl)cc3Cl)C2=O)c2cc(Br)ccc21. The fourth-order valence-electron chi connectivity index (χ4n) is 4.85. The number of imide groups is 1. The zero-order valence-electron chi connectivity index (χ0n) is 20.0. The van der Waals surface area contributed by atoms with Crippen molar-refractivity contribution in [2.24, 2.45) is 0 Å². The van der Waals surface area contributed by atoms with Crippen LogP contribution in [0.1, 0.15) is 37.3 Å². The number of nitrogens with zero attached hydrogens (tertiary/aromatic N) is 3. The number of piperidine rings is 1. The van der Waals surface area contributed by atoms with E-state index in [4.69, 9.17) is 23.2 Å². The van der Waals surface area contributed by atoms with Gasteiger partial charge in [-0.3, -0.25) is 19.3 Å². The highest BCUT2D eigenvalue weighted by Gasteiger charge is 2.35. The Morgan fingerprint density at radius 2 is 1.97 bits per heavy atom. The zero-order valence-corrected chi connectivity index (χ0v) is 24.0. The average Bonchev–Trinajstić information content (AvgIpc) is 3.31. The highest BCUT2D eigenvalue weighted by molar-refractivity contribution is 9.10. The Morgan fingerprint density at radius 3 is 2.73 bits per heavy atom. The van der Waals surface area contributed by atoms with E-state index in [9.17, 15) is 14.4 Å². The second kappa shape index (κ2) is 10.8. The van der Waals surface area contributed by atoms with Crippen molar-refractivity contribution in [3.63, 3.8) is 0 Å². The summed E-state index contributed by atoms with van der Waals surface area (Å²) in [7, 11) is 0. The number of hydrogen-bond acceptors (Lipinski definition) is 4. The number of amides is 3. The van der Waals surface area contributed by atoms with E-state index < -0.39 is 0 Å². The average molecular weight is 621 g/mol. The highest BCUT2D eigenvalue weighted by Crippen LogP contribution is 2.36. The lowest BCUT2D eigenvalue weighted by atomic mass is 10.0. The van der Waals surface area contributed by atoms with Gasteiger partial charge in [0.25, 0.3) is 11.1 Å². The number of halogens is 3. The molecule has 2 fully saturated rings. The first-order chi connectivity index (χ1) is 17.7. The molecule has 1 aromatic heterocycles. The Kier molecular flexibility index (Phi) is 7.73. The molecule has 0 bridgehead atoms. The molecule has 0 spiro atoms. The molecule has 6 nitrogen and oxygen atoms in total. The predicted molar refractivity (Wildman–Crippen MR) is 153 cm³/mol. The summed E-state index contributed by atoms with van der Waals surface area (Å²) in [6.07, 6.45) is 6.81. The van der Waals surface area contributed by atoms with Gasteiger partial charge < -0.3 is 9.47 Å². The van der Waals surface area contributed by atoms with Crippen LogP contribution in [0.2, 0.25) is 10.0 Å². The maximum Gasteiger partial charge on any atom is 0.293 e. The summed E-state index contributed by atoms with van der Waals surface area (Å²) in [5.41, 5.74) is 2.30. The van der Waals surface area contributed by atoms with Crippen LogP contribution in [0, 0.1) is 0 Å². The fourth-order valence-corrected chi connectivity index (χ4v) is 6.50. The van der Waals surface area contributed by atoms with E-state index in [2.05, 4.69) is 22.9 Å². The highest BCUT2D eigenvalue weighted by atomic mass is 79.9. The number of likely N-dealkylation sites (tertiary alicyclic amines) is 1. The molecule has 0 saturated carbocycles. The summed E-state index contributed by atoms with van der Waals surface area (Å²) >= 11 is 16.7. The largest absolute Gasteiger partial charge is 0.338 e. The van der Waals surface area contributed by atoms with Gasteiger partial charge in [-0.05, 0) is 79.9 Å². The zero-order chi connectivity index (χ0) is 26.3. The lowest BCUT2D eigenvalue weighted by Gasteiger charge is -2.33. The van der Waals surface area contributed by atoms with Gasteiger partial charge >= 0.3 is 0 Å². The predicted octanol–water partition coefficient (Wildman–Crippen LogP) is 7.35. The van der Waals surface area contributed by atoms with Gasteiger partial charge in [-0.1, -0.05) is 45.2 Å². The minimum atomic E-state index is -0.380. The Balaban J connectivity index is 1.44. The maximum atomic E-state index is 13.2. The van der Waals surface area contributed by atoms with Crippen LogP contribution in [0.3, 0.4) is 0 Å². The maximum absolute atomic E-state index is 13.2. The van der Waals surface area contributed by atoms with E-state index in [1.165, 1.54) is 4.90 Å². The first kappa shape index (κ1) is 26.4. The molecule has 2 aromatic carbocycles. The van der Waals surface area contributed by atoms with Crippen molar-refractivity contribution >= 4 is 84.9 Å². The van der Waals surface area contributed by atoms with Crippen molar-refractivity contribution in [1.82, 2.24) is 14.4 Å². The van der Waals surface area contributed by atoms with Crippen molar-refractivity contribution in [1.29, 1.82) is 0 Å². The van der Waals surface area contributed by atoms with Crippen LogP contribution >= 0.6 is 50.9 Å². The monoisotopic (exact) mass is 619 g/mol. The summed E-state index contributed by atoms with van der Waals surface area (Å²) in [4.78, 5) is 42.6. The molecule has 0 aliphatic carbocycles. The molecule has 3 heterocycles. The van der Waals surface area contributed by atoms with E-state index >= 15 is 0 Å². The van der Waals surface area contributed by atoms with E-state index in [1.54, 1.807) is 24.3 Å². The summed E-state index contributed by atoms with van der Waals surface area (Å²) < 4.78 is 2.81. The number of fused-ring (bicyclic) bond motifs is 1. The quantitative estimate of drug-likeness (QED) is 0.280. The standard InChI is InChI=1S/C27H24BrCl2N3O3S/c1-16-4-2-3-9-32(16)25(34)15-31-13-18(21-11-19(28)6-8-23(21)31)10-24-26(35)33(27(36)37-24)14-17-5-7-20(29)12-22(17)30/h5-8,10-13,16H,2-4,9,14-15H2,1H3/b24-10-/t16-/m0/s1. The van der Waals surface area contributed by atoms with Crippen molar-refractivity contribution in [2.45, 2.75) is 45.3 Å². The van der Waals surface area contributed by atoms with Gasteiger partial charge in [0.1, 0.15) is 6.54 Å². The Morgan fingerprint density at radius 1 is 1.16 bits per heavy atom. The second-order valence-electron chi connectivity index (χ2n) is 9.31. The molecule has 37 heavy (non-hydrogen) atoms. The van der Waals surface area contributed by atoms with Gasteiger partial charge in [-0.2, -0.15) is 0 Å². The van der Waals surface area contributed by atoms with Crippen molar-refractivity contribution in [3.8, 4) is 0 Å². The minimum Gasteiger partial charge on any atom is -0.338 e. The lowest BCUT2D eigenvalue weighted by molar-refractivity contribution is -0.135. The number of aromatic nitrogens is 1. The van der Waals surface area contributed by atoms with Crippen molar-refractivity contribution < 1.29 is 14.4 Å². The smallest absolute Gasteiger partial charge is 0.293 e. The molecule has 3 aromatic rings. The minimum absolute atomic E-state index is 0.0633. The van der Waals surface area contributed by atoms with E-state index in [1.807, 2.05) is 33.9 Å². The van der Waals surface area contributed by atoms with Crippen LogP contribution < -0.4 is 0 Å². The van der Waals surface area contributed by atoms with Crippen LogP contribution in [0.4, 0.5) is 4.79 Å². The summed E-state index contributed by atoms with van der Waals surface area (Å²) in [5.74, 6) is -0.297. The van der Waals surface area contributed by atoms with Gasteiger partial charge in [-0.15, -0.1) is 0 Å². The van der Waals surface area contributed by atoms with Crippen LogP contribution in [0.25, 0.3) is 17.0 Å². The van der Waals surface area contributed by atoms with Gasteiger partial charge in [0, 0.05) is 49.8 Å². The molecular weight excluding hydrogens is 597 g/mol. The van der Waals surface area contributed by atoms with E-state index in [0.717, 1.165) is 58.5 Å². The molecule has 0 N–H and O–H groups in total. The molecule has 10 heteroatoms. The van der Waals surface area contributed by atoms with Crippen LogP contribution in [0.15, 0.2) is 52.0 Å². The Hall–Kier alpha value is -2.26. The van der Waals surface area contributed by atoms with E-state index in [-0.39, 0.29) is 36.2 Å². The molecule has 3 amide bonds. The molecule has 0 unspecified atom stereocenters. The third-order valence-electron chi connectivity index (χ3n) is 6.81.